The van der Waals surface area contributed by atoms with Crippen molar-refractivity contribution in [3.63, 3.8) is 0 Å². The highest BCUT2D eigenvalue weighted by atomic mass is 35.5. The van der Waals surface area contributed by atoms with Gasteiger partial charge in [0.2, 0.25) is 0 Å². The predicted molar refractivity (Wildman–Crippen MR) is 91.7 cm³/mol. The van der Waals surface area contributed by atoms with Crippen LogP contribution in [0.25, 0.3) is 0 Å². The van der Waals surface area contributed by atoms with E-state index in [0.717, 1.165) is 43.5 Å². The van der Waals surface area contributed by atoms with Gasteiger partial charge in [0, 0.05) is 32.4 Å². The lowest BCUT2D eigenvalue weighted by atomic mass is 9.98. The first-order chi connectivity index (χ1) is 11.9. The molecule has 3 nitrogen and oxygen atoms in total. The zero-order valence-corrected chi connectivity index (χ0v) is 14.5. The average Bonchev–Trinajstić information content (AvgIpc) is 2.58. The van der Waals surface area contributed by atoms with Crippen LogP contribution in [-0.2, 0) is 6.18 Å². The Kier molecular flexibility index (Phi) is 5.32. The SMILES string of the molecule is Cc1ccc(C(c2ccc(Cl)c(C(F)(F)F)c2)N2CCNCC2)nc1. The zero-order chi connectivity index (χ0) is 18.0. The first-order valence-corrected chi connectivity index (χ1v) is 8.48. The van der Waals surface area contributed by atoms with Crippen LogP contribution in [0.1, 0.15) is 28.4 Å². The van der Waals surface area contributed by atoms with Gasteiger partial charge < -0.3 is 5.32 Å². The standard InChI is InChI=1S/C18H19ClF3N3/c1-12-2-5-16(24-11-12)17(25-8-6-23-7-9-25)13-3-4-15(19)14(10-13)18(20,21)22/h2-5,10-11,17,23H,6-9H2,1H3. The minimum atomic E-state index is -4.48. The van der Waals surface area contributed by atoms with Crippen LogP contribution in [0.15, 0.2) is 36.5 Å². The second kappa shape index (κ2) is 7.32. The summed E-state index contributed by atoms with van der Waals surface area (Å²) in [6.45, 7) is 5.00. The van der Waals surface area contributed by atoms with Gasteiger partial charge in [-0.15, -0.1) is 0 Å². The Labute approximate surface area is 149 Å². The molecule has 1 unspecified atom stereocenters. The number of benzene rings is 1. The third-order valence-corrected chi connectivity index (χ3v) is 4.67. The summed E-state index contributed by atoms with van der Waals surface area (Å²) < 4.78 is 39.8. The van der Waals surface area contributed by atoms with E-state index in [1.54, 1.807) is 12.3 Å². The maximum absolute atomic E-state index is 13.3. The van der Waals surface area contributed by atoms with Crippen LogP contribution in [0.4, 0.5) is 13.2 Å². The highest BCUT2D eigenvalue weighted by Gasteiger charge is 2.35. The average molecular weight is 370 g/mol. The number of pyridine rings is 1. The van der Waals surface area contributed by atoms with Crippen LogP contribution in [-0.4, -0.2) is 36.1 Å². The Bertz CT molecular complexity index is 725. The van der Waals surface area contributed by atoms with Gasteiger partial charge in [0.15, 0.2) is 0 Å². The first kappa shape index (κ1) is 18.2. The summed E-state index contributed by atoms with van der Waals surface area (Å²) in [5.41, 5.74) is 1.49. The molecular weight excluding hydrogens is 351 g/mol. The Balaban J connectivity index is 2.06. The smallest absolute Gasteiger partial charge is 0.314 e. The Hall–Kier alpha value is -1.63. The molecule has 1 fully saturated rings. The van der Waals surface area contributed by atoms with Crippen LogP contribution in [0.5, 0.6) is 0 Å². The number of halogens is 4. The van der Waals surface area contributed by atoms with Gasteiger partial charge >= 0.3 is 6.18 Å². The quantitative estimate of drug-likeness (QED) is 0.884. The van der Waals surface area contributed by atoms with Crippen molar-refractivity contribution in [2.45, 2.75) is 19.1 Å². The monoisotopic (exact) mass is 369 g/mol. The van der Waals surface area contributed by atoms with E-state index in [1.165, 1.54) is 6.07 Å². The fraction of sp³-hybridized carbons (Fsp3) is 0.389. The molecule has 2 heterocycles. The third-order valence-electron chi connectivity index (χ3n) is 4.34. The van der Waals surface area contributed by atoms with E-state index in [0.29, 0.717) is 5.56 Å². The molecule has 7 heteroatoms. The van der Waals surface area contributed by atoms with E-state index in [4.69, 9.17) is 11.6 Å². The number of piperazine rings is 1. The first-order valence-electron chi connectivity index (χ1n) is 8.10. The lowest BCUT2D eigenvalue weighted by Crippen LogP contribution is -2.45. The van der Waals surface area contributed by atoms with E-state index in [9.17, 15) is 13.2 Å². The van der Waals surface area contributed by atoms with Crippen LogP contribution in [0.3, 0.4) is 0 Å². The summed E-state index contributed by atoms with van der Waals surface area (Å²) >= 11 is 5.78. The highest BCUT2D eigenvalue weighted by molar-refractivity contribution is 6.31. The number of alkyl halides is 3. The molecular formula is C18H19ClF3N3. The van der Waals surface area contributed by atoms with Crippen LogP contribution < -0.4 is 5.32 Å². The van der Waals surface area contributed by atoms with Crippen molar-refractivity contribution in [2.24, 2.45) is 0 Å². The van der Waals surface area contributed by atoms with Crippen LogP contribution in [0, 0.1) is 6.92 Å². The minimum Gasteiger partial charge on any atom is -0.314 e. The fourth-order valence-electron chi connectivity index (χ4n) is 3.08. The third kappa shape index (κ3) is 4.14. The lowest BCUT2D eigenvalue weighted by molar-refractivity contribution is -0.137. The van der Waals surface area contributed by atoms with Gasteiger partial charge in [-0.3, -0.25) is 9.88 Å². The number of rotatable bonds is 3. The van der Waals surface area contributed by atoms with Crippen molar-refractivity contribution in [1.29, 1.82) is 0 Å². The molecule has 3 rings (SSSR count). The highest BCUT2D eigenvalue weighted by Crippen LogP contribution is 2.38. The Morgan fingerprint density at radius 1 is 1.16 bits per heavy atom. The minimum absolute atomic E-state index is 0.285. The van der Waals surface area contributed by atoms with Crippen molar-refractivity contribution < 1.29 is 13.2 Å². The molecule has 25 heavy (non-hydrogen) atoms. The summed E-state index contributed by atoms with van der Waals surface area (Å²) in [5, 5.41) is 2.98. The second-order valence-electron chi connectivity index (χ2n) is 6.19. The van der Waals surface area contributed by atoms with Gasteiger partial charge in [-0.25, -0.2) is 0 Å². The molecule has 134 valence electrons. The summed E-state index contributed by atoms with van der Waals surface area (Å²) in [5.74, 6) is 0. The second-order valence-corrected chi connectivity index (χ2v) is 6.59. The van der Waals surface area contributed by atoms with E-state index in [2.05, 4.69) is 15.2 Å². The van der Waals surface area contributed by atoms with Crippen molar-refractivity contribution in [3.05, 3.63) is 63.9 Å². The molecule has 0 amide bonds. The maximum Gasteiger partial charge on any atom is 0.417 e. The molecule has 0 bridgehead atoms. The maximum atomic E-state index is 13.3. The molecule has 1 saturated heterocycles. The van der Waals surface area contributed by atoms with Crippen molar-refractivity contribution in [3.8, 4) is 0 Å². The fourth-order valence-corrected chi connectivity index (χ4v) is 3.30. The van der Waals surface area contributed by atoms with Gasteiger partial charge in [0.1, 0.15) is 0 Å². The molecule has 2 aromatic rings. The largest absolute Gasteiger partial charge is 0.417 e. The van der Waals surface area contributed by atoms with Gasteiger partial charge in [-0.1, -0.05) is 23.7 Å². The Morgan fingerprint density at radius 2 is 1.88 bits per heavy atom. The van der Waals surface area contributed by atoms with E-state index < -0.39 is 11.7 Å². The molecule has 0 saturated carbocycles. The summed E-state index contributed by atoms with van der Waals surface area (Å²) in [6.07, 6.45) is -2.74. The topological polar surface area (TPSA) is 28.2 Å². The molecule has 1 aromatic carbocycles. The number of nitrogens with one attached hydrogen (secondary N) is 1. The molecule has 1 aromatic heterocycles. The lowest BCUT2D eigenvalue weighted by Gasteiger charge is -2.35. The number of hydrogen-bond acceptors (Lipinski definition) is 3. The van der Waals surface area contributed by atoms with Crippen molar-refractivity contribution >= 4 is 11.6 Å². The molecule has 1 atom stereocenters. The van der Waals surface area contributed by atoms with E-state index in [-0.39, 0.29) is 11.1 Å². The van der Waals surface area contributed by atoms with Gasteiger partial charge in [0.25, 0.3) is 0 Å². The van der Waals surface area contributed by atoms with Gasteiger partial charge in [-0.2, -0.15) is 13.2 Å². The normalized spacial score (nSPS) is 17.5. The van der Waals surface area contributed by atoms with E-state index in [1.807, 2.05) is 19.1 Å². The van der Waals surface area contributed by atoms with Gasteiger partial charge in [0.05, 0.1) is 22.3 Å². The van der Waals surface area contributed by atoms with Crippen LogP contribution >= 0.6 is 11.6 Å². The Morgan fingerprint density at radius 3 is 2.48 bits per heavy atom. The zero-order valence-electron chi connectivity index (χ0n) is 13.8. The summed E-state index contributed by atoms with van der Waals surface area (Å²) in [6, 6.07) is 7.61. The van der Waals surface area contributed by atoms with Crippen molar-refractivity contribution in [2.75, 3.05) is 26.2 Å². The predicted octanol–water partition coefficient (Wildman–Crippen LogP) is 4.06. The van der Waals surface area contributed by atoms with E-state index >= 15 is 0 Å². The molecule has 0 spiro atoms. The number of nitrogens with zero attached hydrogens (tertiary/aromatic N) is 2. The number of hydrogen-bond donors (Lipinski definition) is 1. The van der Waals surface area contributed by atoms with Crippen LogP contribution in [0.2, 0.25) is 5.02 Å². The molecule has 0 radical (unpaired) electrons. The number of aromatic nitrogens is 1. The van der Waals surface area contributed by atoms with Gasteiger partial charge in [-0.05, 0) is 36.2 Å². The molecule has 1 aliphatic heterocycles. The summed E-state index contributed by atoms with van der Waals surface area (Å²) in [4.78, 5) is 6.62. The molecule has 1 aliphatic rings. The molecule has 1 N–H and O–H groups in total. The summed E-state index contributed by atoms with van der Waals surface area (Å²) in [7, 11) is 0. The molecule has 0 aliphatic carbocycles. The number of aryl methyl sites for hydroxylation is 1. The van der Waals surface area contributed by atoms with Crippen molar-refractivity contribution in [1.82, 2.24) is 15.2 Å².